The Morgan fingerprint density at radius 1 is 0.875 bits per heavy atom. The first-order valence-corrected chi connectivity index (χ1v) is 11.1. The number of benzene rings is 2. The maximum atomic E-state index is 11.8. The summed E-state index contributed by atoms with van der Waals surface area (Å²) in [6.07, 6.45) is 3.61. The minimum atomic E-state index is 0.0937. The van der Waals surface area contributed by atoms with E-state index in [-0.39, 0.29) is 5.78 Å². The molecule has 0 unspecified atom stereocenters. The molecular weight excluding hydrogens is 416 g/mol. The number of Topliss-reactive ketones (excluding diaryl/α,β-unsaturated/α-hetero) is 1. The molecule has 6 rings (SSSR count). The fourth-order valence-electron chi connectivity index (χ4n) is 4.11. The molecule has 0 aliphatic rings. The standard InChI is InChI=1S/C26H18N4OS/c1-15(31)24-7-8-25(32-24)18-3-2-4-21-19(18)14-23(28-21)26-20-13-17(5-6-22(20)29-30-26)16-9-11-27-12-10-16/h2-14,28H,1H3,(H,29,30). The third-order valence-electron chi connectivity index (χ3n) is 5.71. The second-order valence-corrected chi connectivity index (χ2v) is 8.82. The van der Waals surface area contributed by atoms with Gasteiger partial charge < -0.3 is 4.98 Å². The van der Waals surface area contributed by atoms with E-state index in [1.54, 1.807) is 19.3 Å². The molecule has 4 aromatic heterocycles. The maximum Gasteiger partial charge on any atom is 0.169 e. The zero-order valence-electron chi connectivity index (χ0n) is 17.2. The third kappa shape index (κ3) is 3.04. The van der Waals surface area contributed by atoms with E-state index >= 15 is 0 Å². The second-order valence-electron chi connectivity index (χ2n) is 7.74. The van der Waals surface area contributed by atoms with Crippen LogP contribution in [0.1, 0.15) is 16.6 Å². The molecule has 0 spiro atoms. The molecule has 0 aliphatic heterocycles. The number of thiophene rings is 1. The van der Waals surface area contributed by atoms with E-state index in [0.717, 1.165) is 59.6 Å². The molecule has 2 N–H and O–H groups in total. The van der Waals surface area contributed by atoms with Crippen molar-refractivity contribution in [3.63, 3.8) is 0 Å². The van der Waals surface area contributed by atoms with Crippen LogP contribution in [0.4, 0.5) is 0 Å². The van der Waals surface area contributed by atoms with Gasteiger partial charge in [-0.25, -0.2) is 0 Å². The van der Waals surface area contributed by atoms with Crippen molar-refractivity contribution in [2.75, 3.05) is 0 Å². The van der Waals surface area contributed by atoms with Crippen LogP contribution in [0.25, 0.3) is 54.8 Å². The van der Waals surface area contributed by atoms with Crippen LogP contribution < -0.4 is 0 Å². The van der Waals surface area contributed by atoms with E-state index in [4.69, 9.17) is 0 Å². The minimum Gasteiger partial charge on any atom is -0.353 e. The second kappa shape index (κ2) is 7.28. The number of nitrogens with zero attached hydrogens (tertiary/aromatic N) is 2. The Morgan fingerprint density at radius 2 is 1.75 bits per heavy atom. The zero-order chi connectivity index (χ0) is 21.7. The van der Waals surface area contributed by atoms with E-state index in [9.17, 15) is 4.79 Å². The number of nitrogens with one attached hydrogen (secondary N) is 2. The molecule has 0 bridgehead atoms. The number of carbonyl (C=O) groups is 1. The summed E-state index contributed by atoms with van der Waals surface area (Å²) < 4.78 is 0. The molecule has 0 aliphatic carbocycles. The summed E-state index contributed by atoms with van der Waals surface area (Å²) in [4.78, 5) is 21.3. The summed E-state index contributed by atoms with van der Waals surface area (Å²) in [5.41, 5.74) is 7.21. The molecule has 0 saturated heterocycles. The average molecular weight is 435 g/mol. The molecule has 4 heterocycles. The van der Waals surface area contributed by atoms with Crippen molar-refractivity contribution >= 4 is 38.9 Å². The number of aromatic nitrogens is 4. The Morgan fingerprint density at radius 3 is 2.56 bits per heavy atom. The quantitative estimate of drug-likeness (QED) is 0.303. The maximum absolute atomic E-state index is 11.8. The Balaban J connectivity index is 1.49. The number of hydrogen-bond acceptors (Lipinski definition) is 4. The van der Waals surface area contributed by atoms with Gasteiger partial charge >= 0.3 is 0 Å². The van der Waals surface area contributed by atoms with Gasteiger partial charge in [-0.2, -0.15) is 5.10 Å². The molecule has 0 amide bonds. The highest BCUT2D eigenvalue weighted by Gasteiger charge is 2.15. The highest BCUT2D eigenvalue weighted by Crippen LogP contribution is 2.37. The average Bonchev–Trinajstić information content (AvgIpc) is 3.56. The molecule has 6 heteroatoms. The smallest absolute Gasteiger partial charge is 0.169 e. The van der Waals surface area contributed by atoms with E-state index in [0.29, 0.717) is 0 Å². The van der Waals surface area contributed by atoms with Gasteiger partial charge in [-0.05, 0) is 66.6 Å². The molecule has 0 saturated carbocycles. The fourth-order valence-corrected chi connectivity index (χ4v) is 5.05. The lowest BCUT2D eigenvalue weighted by Crippen LogP contribution is -1.83. The number of aromatic amines is 2. The third-order valence-corrected chi connectivity index (χ3v) is 6.93. The highest BCUT2D eigenvalue weighted by atomic mass is 32.1. The van der Waals surface area contributed by atoms with Crippen LogP contribution in [-0.2, 0) is 0 Å². The van der Waals surface area contributed by atoms with Crippen molar-refractivity contribution in [2.45, 2.75) is 6.92 Å². The number of fused-ring (bicyclic) bond motifs is 2. The van der Waals surface area contributed by atoms with Gasteiger partial charge in [-0.15, -0.1) is 11.3 Å². The van der Waals surface area contributed by atoms with Gasteiger partial charge in [0.2, 0.25) is 0 Å². The lowest BCUT2D eigenvalue weighted by Gasteiger charge is -2.02. The van der Waals surface area contributed by atoms with E-state index < -0.39 is 0 Å². The number of rotatable bonds is 4. The normalized spacial score (nSPS) is 11.4. The van der Waals surface area contributed by atoms with Gasteiger partial charge in [-0.1, -0.05) is 18.2 Å². The van der Waals surface area contributed by atoms with E-state index in [1.165, 1.54) is 11.3 Å². The lowest BCUT2D eigenvalue weighted by atomic mass is 10.0. The first-order chi connectivity index (χ1) is 15.7. The van der Waals surface area contributed by atoms with Gasteiger partial charge in [0, 0.05) is 39.1 Å². The molecular formula is C26H18N4OS. The molecule has 6 aromatic rings. The van der Waals surface area contributed by atoms with Crippen molar-refractivity contribution in [1.29, 1.82) is 0 Å². The topological polar surface area (TPSA) is 74.4 Å². The van der Waals surface area contributed by atoms with Crippen LogP contribution in [0.5, 0.6) is 0 Å². The predicted molar refractivity (Wildman–Crippen MR) is 130 cm³/mol. The SMILES string of the molecule is CC(=O)c1ccc(-c2cccc3[nH]c(-c4n[nH]c5ccc(-c6ccncc6)cc45)cc23)s1. The Hall–Kier alpha value is -4.03. The molecule has 154 valence electrons. The van der Waals surface area contributed by atoms with Crippen LogP contribution in [0.15, 0.2) is 79.1 Å². The Bertz CT molecular complexity index is 1610. The van der Waals surface area contributed by atoms with Crippen LogP contribution in [0.2, 0.25) is 0 Å². The predicted octanol–water partition coefficient (Wildman–Crippen LogP) is 6.70. The number of carbonyl (C=O) groups excluding carboxylic acids is 1. The first kappa shape index (κ1) is 18.7. The summed E-state index contributed by atoms with van der Waals surface area (Å²) in [5, 5.41) is 9.94. The number of pyridine rings is 1. The van der Waals surface area contributed by atoms with Gasteiger partial charge in [-0.3, -0.25) is 14.9 Å². The zero-order valence-corrected chi connectivity index (χ0v) is 18.0. The summed E-state index contributed by atoms with van der Waals surface area (Å²) >= 11 is 1.53. The molecule has 5 nitrogen and oxygen atoms in total. The van der Waals surface area contributed by atoms with E-state index in [2.05, 4.69) is 56.6 Å². The number of H-pyrrole nitrogens is 2. The Kier molecular flexibility index (Phi) is 4.26. The lowest BCUT2D eigenvalue weighted by molar-refractivity contribution is 0.102. The van der Waals surface area contributed by atoms with Crippen LogP contribution in [0, 0.1) is 0 Å². The summed E-state index contributed by atoms with van der Waals surface area (Å²) in [5.74, 6) is 0.0937. The number of hydrogen-bond donors (Lipinski definition) is 2. The molecule has 0 radical (unpaired) electrons. The van der Waals surface area contributed by atoms with Gasteiger partial charge in [0.1, 0.15) is 5.69 Å². The molecule has 2 aromatic carbocycles. The molecule has 0 fully saturated rings. The van der Waals surface area contributed by atoms with Crippen LogP contribution >= 0.6 is 11.3 Å². The Labute approximate surface area is 187 Å². The van der Waals surface area contributed by atoms with Crippen molar-refractivity contribution in [3.8, 4) is 33.0 Å². The van der Waals surface area contributed by atoms with Crippen molar-refractivity contribution in [2.24, 2.45) is 0 Å². The fraction of sp³-hybridized carbons (Fsp3) is 0.0385. The van der Waals surface area contributed by atoms with Crippen LogP contribution in [-0.4, -0.2) is 25.9 Å². The van der Waals surface area contributed by atoms with Crippen molar-refractivity contribution in [1.82, 2.24) is 20.2 Å². The number of ketones is 1. The van der Waals surface area contributed by atoms with Gasteiger partial charge in [0.05, 0.1) is 16.1 Å². The van der Waals surface area contributed by atoms with E-state index in [1.807, 2.05) is 30.3 Å². The summed E-state index contributed by atoms with van der Waals surface area (Å²) in [6.45, 7) is 1.60. The van der Waals surface area contributed by atoms with Gasteiger partial charge in [0.15, 0.2) is 5.78 Å². The largest absolute Gasteiger partial charge is 0.353 e. The molecule has 32 heavy (non-hydrogen) atoms. The summed E-state index contributed by atoms with van der Waals surface area (Å²) in [7, 11) is 0. The monoisotopic (exact) mass is 434 g/mol. The first-order valence-electron chi connectivity index (χ1n) is 10.3. The minimum absolute atomic E-state index is 0.0937. The summed E-state index contributed by atoms with van der Waals surface area (Å²) in [6, 6.07) is 22.6. The van der Waals surface area contributed by atoms with Crippen molar-refractivity contribution in [3.05, 3.63) is 84.0 Å². The highest BCUT2D eigenvalue weighted by molar-refractivity contribution is 7.17. The van der Waals surface area contributed by atoms with Crippen molar-refractivity contribution < 1.29 is 4.79 Å². The molecule has 0 atom stereocenters. The van der Waals surface area contributed by atoms with Gasteiger partial charge in [0.25, 0.3) is 0 Å². The van der Waals surface area contributed by atoms with Crippen LogP contribution in [0.3, 0.4) is 0 Å².